The molecule has 0 unspecified atom stereocenters. The highest BCUT2D eigenvalue weighted by Gasteiger charge is 2.37. The van der Waals surface area contributed by atoms with E-state index in [4.69, 9.17) is 0 Å². The van der Waals surface area contributed by atoms with E-state index in [2.05, 4.69) is 22.1 Å². The second-order valence-electron chi connectivity index (χ2n) is 6.13. The van der Waals surface area contributed by atoms with Crippen molar-refractivity contribution in [1.82, 2.24) is 19.9 Å². The Morgan fingerprint density at radius 3 is 2.50 bits per heavy atom. The van der Waals surface area contributed by atoms with Crippen molar-refractivity contribution in [2.24, 2.45) is 0 Å². The molecule has 0 amide bonds. The number of hydrogen-bond donors (Lipinski definition) is 0. The van der Waals surface area contributed by atoms with E-state index in [-0.39, 0.29) is 5.78 Å². The Hall–Kier alpha value is -1.23. The van der Waals surface area contributed by atoms with Crippen LogP contribution in [0.5, 0.6) is 0 Å². The number of rotatable bonds is 5. The standard InChI is InChI=1S/C15H26N4O/c1-4-9-19-13(12-16-17-19)14(20)15(2,3)18-10-7-5-6-8-11-18/h12H,4-11H2,1-3H3. The number of carbonyl (C=O) groups is 1. The van der Waals surface area contributed by atoms with Gasteiger partial charge in [-0.3, -0.25) is 9.69 Å². The van der Waals surface area contributed by atoms with Gasteiger partial charge in [-0.25, -0.2) is 4.68 Å². The monoisotopic (exact) mass is 278 g/mol. The summed E-state index contributed by atoms with van der Waals surface area (Å²) in [5.41, 5.74) is 0.165. The second-order valence-corrected chi connectivity index (χ2v) is 6.13. The first-order valence-corrected chi connectivity index (χ1v) is 7.75. The molecule has 20 heavy (non-hydrogen) atoms. The molecular formula is C15H26N4O. The molecule has 0 spiro atoms. The van der Waals surface area contributed by atoms with Crippen LogP contribution in [0.25, 0.3) is 0 Å². The third-order valence-electron chi connectivity index (χ3n) is 4.24. The largest absolute Gasteiger partial charge is 0.291 e. The zero-order valence-corrected chi connectivity index (χ0v) is 12.9. The molecule has 1 aromatic rings. The molecule has 0 atom stereocenters. The van der Waals surface area contributed by atoms with Crippen LogP contribution in [0.1, 0.15) is 63.4 Å². The van der Waals surface area contributed by atoms with Crippen LogP contribution in [-0.2, 0) is 6.54 Å². The Morgan fingerprint density at radius 1 is 1.25 bits per heavy atom. The average molecular weight is 278 g/mol. The van der Waals surface area contributed by atoms with Crippen molar-refractivity contribution in [3.8, 4) is 0 Å². The third-order valence-corrected chi connectivity index (χ3v) is 4.24. The molecular weight excluding hydrogens is 252 g/mol. The zero-order chi connectivity index (χ0) is 14.6. The summed E-state index contributed by atoms with van der Waals surface area (Å²) in [5, 5.41) is 7.94. The second kappa shape index (κ2) is 6.48. The first kappa shape index (κ1) is 15.2. The number of aryl methyl sites for hydroxylation is 1. The number of likely N-dealkylation sites (tertiary alicyclic amines) is 1. The molecule has 0 saturated carbocycles. The Kier molecular flexibility index (Phi) is 4.91. The first-order valence-electron chi connectivity index (χ1n) is 7.75. The molecule has 2 rings (SSSR count). The highest BCUT2D eigenvalue weighted by Crippen LogP contribution is 2.24. The molecule has 5 nitrogen and oxygen atoms in total. The van der Waals surface area contributed by atoms with Gasteiger partial charge in [-0.15, -0.1) is 5.10 Å². The van der Waals surface area contributed by atoms with Crippen LogP contribution in [0.15, 0.2) is 6.20 Å². The molecule has 1 fully saturated rings. The lowest BCUT2D eigenvalue weighted by molar-refractivity contribution is 0.0638. The van der Waals surface area contributed by atoms with Crippen molar-refractivity contribution in [3.05, 3.63) is 11.9 Å². The van der Waals surface area contributed by atoms with Gasteiger partial charge in [0.2, 0.25) is 5.78 Å². The normalized spacial score (nSPS) is 17.9. The lowest BCUT2D eigenvalue weighted by Crippen LogP contribution is -2.51. The Balaban J connectivity index is 2.18. The topological polar surface area (TPSA) is 51.0 Å². The predicted molar refractivity (Wildman–Crippen MR) is 78.8 cm³/mol. The fraction of sp³-hybridized carbons (Fsp3) is 0.800. The molecule has 1 aliphatic rings. The van der Waals surface area contributed by atoms with E-state index in [1.54, 1.807) is 10.9 Å². The van der Waals surface area contributed by atoms with Crippen LogP contribution in [0.3, 0.4) is 0 Å². The van der Waals surface area contributed by atoms with Crippen LogP contribution >= 0.6 is 0 Å². The van der Waals surface area contributed by atoms with E-state index >= 15 is 0 Å². The molecule has 5 heteroatoms. The van der Waals surface area contributed by atoms with Crippen LogP contribution < -0.4 is 0 Å². The number of ketones is 1. The van der Waals surface area contributed by atoms with Crippen LogP contribution in [0.4, 0.5) is 0 Å². The summed E-state index contributed by atoms with van der Waals surface area (Å²) >= 11 is 0. The Bertz CT molecular complexity index is 444. The van der Waals surface area contributed by atoms with E-state index in [9.17, 15) is 4.79 Å². The van der Waals surface area contributed by atoms with Gasteiger partial charge >= 0.3 is 0 Å². The van der Waals surface area contributed by atoms with Crippen molar-refractivity contribution in [1.29, 1.82) is 0 Å². The van der Waals surface area contributed by atoms with Crippen molar-refractivity contribution < 1.29 is 4.79 Å². The summed E-state index contributed by atoms with van der Waals surface area (Å²) in [6.07, 6.45) is 7.48. The van der Waals surface area contributed by atoms with Crippen LogP contribution in [0.2, 0.25) is 0 Å². The van der Waals surface area contributed by atoms with E-state index in [1.807, 2.05) is 13.8 Å². The minimum atomic E-state index is -0.475. The molecule has 1 aliphatic heterocycles. The van der Waals surface area contributed by atoms with Crippen molar-refractivity contribution in [2.45, 2.75) is 65.0 Å². The van der Waals surface area contributed by atoms with E-state index in [0.717, 1.165) is 26.1 Å². The Labute approximate surface area is 121 Å². The lowest BCUT2D eigenvalue weighted by atomic mass is 9.94. The molecule has 2 heterocycles. The molecule has 0 N–H and O–H groups in total. The fourth-order valence-electron chi connectivity index (χ4n) is 2.90. The maximum atomic E-state index is 12.9. The minimum Gasteiger partial charge on any atom is -0.291 e. The number of nitrogens with zero attached hydrogens (tertiary/aromatic N) is 4. The van der Waals surface area contributed by atoms with Gasteiger partial charge in [-0.2, -0.15) is 0 Å². The average Bonchev–Trinajstić information content (AvgIpc) is 2.71. The summed E-state index contributed by atoms with van der Waals surface area (Å²) in [5.74, 6) is 0.137. The SMILES string of the molecule is CCCn1nncc1C(=O)C(C)(C)N1CCCCCC1. The molecule has 0 aliphatic carbocycles. The van der Waals surface area contributed by atoms with Crippen LogP contribution in [-0.4, -0.2) is 44.3 Å². The van der Waals surface area contributed by atoms with Gasteiger partial charge in [0.15, 0.2) is 0 Å². The molecule has 0 aromatic carbocycles. The molecule has 0 radical (unpaired) electrons. The van der Waals surface area contributed by atoms with Crippen molar-refractivity contribution >= 4 is 5.78 Å². The van der Waals surface area contributed by atoms with Gasteiger partial charge in [0.05, 0.1) is 11.7 Å². The number of carbonyl (C=O) groups excluding carboxylic acids is 1. The molecule has 1 aromatic heterocycles. The summed E-state index contributed by atoms with van der Waals surface area (Å²) in [4.78, 5) is 15.2. The maximum Gasteiger partial charge on any atom is 0.202 e. The minimum absolute atomic E-state index is 0.137. The van der Waals surface area contributed by atoms with Gasteiger partial charge < -0.3 is 0 Å². The molecule has 1 saturated heterocycles. The van der Waals surface area contributed by atoms with Gasteiger partial charge in [0, 0.05) is 6.54 Å². The quantitative estimate of drug-likeness (QED) is 0.777. The fourth-order valence-corrected chi connectivity index (χ4v) is 2.90. The highest BCUT2D eigenvalue weighted by molar-refractivity contribution is 6.01. The summed E-state index contributed by atoms with van der Waals surface area (Å²) in [6, 6.07) is 0. The number of aromatic nitrogens is 3. The first-order chi connectivity index (χ1) is 9.57. The van der Waals surface area contributed by atoms with E-state index in [0.29, 0.717) is 5.69 Å². The van der Waals surface area contributed by atoms with Gasteiger partial charge in [0.1, 0.15) is 5.69 Å². The van der Waals surface area contributed by atoms with Crippen molar-refractivity contribution in [3.63, 3.8) is 0 Å². The summed E-state index contributed by atoms with van der Waals surface area (Å²) in [6.45, 7) is 8.91. The maximum absolute atomic E-state index is 12.9. The predicted octanol–water partition coefficient (Wildman–Crippen LogP) is 2.53. The number of hydrogen-bond acceptors (Lipinski definition) is 4. The Morgan fingerprint density at radius 2 is 1.90 bits per heavy atom. The van der Waals surface area contributed by atoms with E-state index in [1.165, 1.54) is 25.7 Å². The summed E-state index contributed by atoms with van der Waals surface area (Å²) < 4.78 is 1.74. The third kappa shape index (κ3) is 3.08. The van der Waals surface area contributed by atoms with E-state index < -0.39 is 5.54 Å². The van der Waals surface area contributed by atoms with Crippen molar-refractivity contribution in [2.75, 3.05) is 13.1 Å². The summed E-state index contributed by atoms with van der Waals surface area (Å²) in [7, 11) is 0. The van der Waals surface area contributed by atoms with Gasteiger partial charge in [0.25, 0.3) is 0 Å². The molecule has 0 bridgehead atoms. The lowest BCUT2D eigenvalue weighted by Gasteiger charge is -2.36. The van der Waals surface area contributed by atoms with Gasteiger partial charge in [-0.1, -0.05) is 25.0 Å². The van der Waals surface area contributed by atoms with Gasteiger partial charge in [-0.05, 0) is 46.2 Å². The zero-order valence-electron chi connectivity index (χ0n) is 12.9. The van der Waals surface area contributed by atoms with Crippen LogP contribution in [0, 0.1) is 0 Å². The smallest absolute Gasteiger partial charge is 0.202 e. The number of Topliss-reactive ketones (excluding diaryl/α,β-unsaturated/α-hetero) is 1. The molecule has 112 valence electrons. The highest BCUT2D eigenvalue weighted by atomic mass is 16.1.